The molecule has 1 atom stereocenters. The molecule has 2 rings (SSSR count). The van der Waals surface area contributed by atoms with E-state index in [1.165, 1.54) is 0 Å². The monoisotopic (exact) mass is 310 g/mol. The number of urea groups is 1. The van der Waals surface area contributed by atoms with Crippen LogP contribution in [0.2, 0.25) is 0 Å². The number of piperidine rings is 1. The first kappa shape index (κ1) is 16.5. The van der Waals surface area contributed by atoms with Crippen LogP contribution in [-0.4, -0.2) is 47.0 Å². The molecule has 1 aliphatic heterocycles. The second-order valence-corrected chi connectivity index (χ2v) is 5.79. The topological polar surface area (TPSA) is 67.3 Å². The largest absolute Gasteiger partial charge is 0.474 e. The molecule has 0 aliphatic carbocycles. The van der Waals surface area contributed by atoms with Crippen molar-refractivity contribution in [2.75, 3.05) is 25.1 Å². The molecule has 0 radical (unpaired) electrons. The van der Waals surface area contributed by atoms with Crippen LogP contribution in [0.25, 0.3) is 0 Å². The van der Waals surface area contributed by atoms with Gasteiger partial charge in [0, 0.05) is 19.2 Å². The van der Waals surface area contributed by atoms with Crippen molar-refractivity contribution >= 4 is 11.8 Å². The van der Waals surface area contributed by atoms with Crippen LogP contribution in [0.3, 0.4) is 0 Å². The third-order valence-electron chi connectivity index (χ3n) is 3.56. The molecule has 1 aromatic heterocycles. The molecule has 0 spiro atoms. The van der Waals surface area contributed by atoms with Gasteiger partial charge in [-0.25, -0.2) is 4.79 Å². The molecule has 122 valence electrons. The minimum absolute atomic E-state index is 0.0236. The Labute approximate surface area is 130 Å². The Bertz CT molecular complexity index is 479. The zero-order valence-electron chi connectivity index (χ0n) is 13.1. The maximum atomic E-state index is 12.4. The molecule has 1 aliphatic rings. The number of carbonyl (C=O) groups excluding carboxylic acids is 1. The number of alkyl halides is 1. The molecular weight excluding hydrogens is 287 g/mol. The first-order chi connectivity index (χ1) is 10.6. The van der Waals surface area contributed by atoms with Crippen molar-refractivity contribution in [3.05, 3.63) is 12.1 Å². The van der Waals surface area contributed by atoms with Crippen LogP contribution in [0.1, 0.15) is 33.1 Å². The molecule has 7 heteroatoms. The van der Waals surface area contributed by atoms with E-state index in [2.05, 4.69) is 15.5 Å². The summed E-state index contributed by atoms with van der Waals surface area (Å²) in [5.41, 5.74) is 0. The van der Waals surface area contributed by atoms with Gasteiger partial charge < -0.3 is 9.64 Å². The average Bonchev–Trinajstić information content (AvgIpc) is 2.49. The number of hydrogen-bond donors (Lipinski definition) is 1. The van der Waals surface area contributed by atoms with Gasteiger partial charge in [-0.05, 0) is 45.1 Å². The maximum absolute atomic E-state index is 12.4. The number of aromatic nitrogens is 2. The van der Waals surface area contributed by atoms with Crippen molar-refractivity contribution in [3.63, 3.8) is 0 Å². The molecule has 1 aromatic rings. The summed E-state index contributed by atoms with van der Waals surface area (Å²) in [4.78, 5) is 13.9. The summed E-state index contributed by atoms with van der Waals surface area (Å²) in [6.45, 7) is 4.76. The lowest BCUT2D eigenvalue weighted by Crippen LogP contribution is -2.42. The fraction of sp³-hybridized carbons (Fsp3) is 0.667. The molecular formula is C15H23FN4O2. The van der Waals surface area contributed by atoms with Gasteiger partial charge in [0.15, 0.2) is 5.82 Å². The lowest BCUT2D eigenvalue weighted by molar-refractivity contribution is 0.170. The molecule has 0 bridgehead atoms. The number of ether oxygens (including phenoxy) is 1. The van der Waals surface area contributed by atoms with Crippen molar-refractivity contribution in [2.45, 2.75) is 39.2 Å². The standard InChI is InChI=1S/C15H23FN4O2/c1-11(2)22-14-6-5-13(18-19-14)17-15(21)20-9-3-4-12(10-20)7-8-16/h5-6,11-12H,3-4,7-10H2,1-2H3,(H,17,18,21). The first-order valence-corrected chi connectivity index (χ1v) is 7.70. The van der Waals surface area contributed by atoms with E-state index < -0.39 is 0 Å². The van der Waals surface area contributed by atoms with Crippen LogP contribution in [0, 0.1) is 5.92 Å². The molecule has 1 unspecified atom stereocenters. The Morgan fingerprint density at radius 1 is 1.50 bits per heavy atom. The summed E-state index contributed by atoms with van der Waals surface area (Å²) in [7, 11) is 0. The lowest BCUT2D eigenvalue weighted by atomic mass is 9.96. The predicted molar refractivity (Wildman–Crippen MR) is 81.7 cm³/mol. The molecule has 1 fully saturated rings. The van der Waals surface area contributed by atoms with E-state index in [4.69, 9.17) is 4.74 Å². The van der Waals surface area contributed by atoms with Gasteiger partial charge in [-0.1, -0.05) is 0 Å². The summed E-state index contributed by atoms with van der Waals surface area (Å²) >= 11 is 0. The van der Waals surface area contributed by atoms with Gasteiger partial charge in [-0.3, -0.25) is 9.71 Å². The highest BCUT2D eigenvalue weighted by Gasteiger charge is 2.23. The lowest BCUT2D eigenvalue weighted by Gasteiger charge is -2.32. The molecule has 0 aromatic carbocycles. The molecule has 0 saturated carbocycles. The van der Waals surface area contributed by atoms with Gasteiger partial charge in [0.25, 0.3) is 0 Å². The molecule has 22 heavy (non-hydrogen) atoms. The first-order valence-electron chi connectivity index (χ1n) is 7.70. The van der Waals surface area contributed by atoms with E-state index in [-0.39, 0.29) is 24.7 Å². The fourth-order valence-corrected chi connectivity index (χ4v) is 2.52. The van der Waals surface area contributed by atoms with Crippen molar-refractivity contribution in [2.24, 2.45) is 5.92 Å². The van der Waals surface area contributed by atoms with Crippen molar-refractivity contribution < 1.29 is 13.9 Å². The predicted octanol–water partition coefficient (Wildman–Crippen LogP) is 2.87. The van der Waals surface area contributed by atoms with Gasteiger partial charge in [0.2, 0.25) is 5.88 Å². The van der Waals surface area contributed by atoms with Crippen molar-refractivity contribution in [3.8, 4) is 5.88 Å². The van der Waals surface area contributed by atoms with Crippen molar-refractivity contribution in [1.29, 1.82) is 0 Å². The van der Waals surface area contributed by atoms with Gasteiger partial charge in [-0.2, -0.15) is 0 Å². The fourth-order valence-electron chi connectivity index (χ4n) is 2.52. The highest BCUT2D eigenvalue weighted by Crippen LogP contribution is 2.20. The smallest absolute Gasteiger partial charge is 0.323 e. The summed E-state index contributed by atoms with van der Waals surface area (Å²) in [5, 5.41) is 10.6. The maximum Gasteiger partial charge on any atom is 0.323 e. The van der Waals surface area contributed by atoms with Crippen LogP contribution in [0.15, 0.2) is 12.1 Å². The van der Waals surface area contributed by atoms with Gasteiger partial charge in [-0.15, -0.1) is 10.2 Å². The number of likely N-dealkylation sites (tertiary alicyclic amines) is 1. The third-order valence-corrected chi connectivity index (χ3v) is 3.56. The average molecular weight is 310 g/mol. The SMILES string of the molecule is CC(C)Oc1ccc(NC(=O)N2CCCC(CCF)C2)nn1. The summed E-state index contributed by atoms with van der Waals surface area (Å²) in [5.74, 6) is 1.06. The van der Waals surface area contributed by atoms with Crippen LogP contribution >= 0.6 is 0 Å². The van der Waals surface area contributed by atoms with E-state index in [9.17, 15) is 9.18 Å². The summed E-state index contributed by atoms with van der Waals surface area (Å²) in [6, 6.07) is 3.12. The van der Waals surface area contributed by atoms with Crippen LogP contribution in [0.5, 0.6) is 5.88 Å². The second-order valence-electron chi connectivity index (χ2n) is 5.79. The molecule has 1 N–H and O–H groups in total. The minimum atomic E-state index is -0.330. The van der Waals surface area contributed by atoms with E-state index in [0.29, 0.717) is 31.2 Å². The van der Waals surface area contributed by atoms with E-state index >= 15 is 0 Å². The van der Waals surface area contributed by atoms with Crippen molar-refractivity contribution in [1.82, 2.24) is 15.1 Å². The number of nitrogens with one attached hydrogen (secondary N) is 1. The summed E-state index contributed by atoms with van der Waals surface area (Å²) in [6.07, 6.45) is 2.43. The number of rotatable bonds is 5. The van der Waals surface area contributed by atoms with E-state index in [0.717, 1.165) is 12.8 Å². The number of carbonyl (C=O) groups is 1. The molecule has 1 saturated heterocycles. The zero-order chi connectivity index (χ0) is 15.9. The van der Waals surface area contributed by atoms with E-state index in [1.54, 1.807) is 17.0 Å². The number of halogens is 1. The van der Waals surface area contributed by atoms with Gasteiger partial charge >= 0.3 is 6.03 Å². The van der Waals surface area contributed by atoms with E-state index in [1.807, 2.05) is 13.8 Å². The zero-order valence-corrected chi connectivity index (χ0v) is 13.1. The van der Waals surface area contributed by atoms with Crippen LogP contribution in [0.4, 0.5) is 15.0 Å². The Morgan fingerprint density at radius 3 is 2.95 bits per heavy atom. The molecule has 2 amide bonds. The molecule has 2 heterocycles. The quantitative estimate of drug-likeness (QED) is 0.908. The Balaban J connectivity index is 1.88. The summed E-state index contributed by atoms with van der Waals surface area (Å²) < 4.78 is 17.8. The van der Waals surface area contributed by atoms with Crippen LogP contribution in [-0.2, 0) is 0 Å². The normalized spacial score (nSPS) is 18.4. The highest BCUT2D eigenvalue weighted by molar-refractivity contribution is 5.88. The Kier molecular flexibility index (Phi) is 5.91. The minimum Gasteiger partial charge on any atom is -0.474 e. The number of hydrogen-bond acceptors (Lipinski definition) is 4. The highest BCUT2D eigenvalue weighted by atomic mass is 19.1. The van der Waals surface area contributed by atoms with Gasteiger partial charge in [0.05, 0.1) is 12.8 Å². The van der Waals surface area contributed by atoms with Crippen LogP contribution < -0.4 is 10.1 Å². The number of nitrogens with zero attached hydrogens (tertiary/aromatic N) is 3. The Morgan fingerprint density at radius 2 is 2.32 bits per heavy atom. The Hall–Kier alpha value is -1.92. The molecule has 6 nitrogen and oxygen atoms in total. The second kappa shape index (κ2) is 7.91. The van der Waals surface area contributed by atoms with Gasteiger partial charge in [0.1, 0.15) is 0 Å². The number of amides is 2. The number of anilines is 1. The third kappa shape index (κ3) is 4.82.